The largest absolute Gasteiger partial charge is 0.508 e. The molecule has 10 nitrogen and oxygen atoms in total. The zero-order valence-electron chi connectivity index (χ0n) is 41.0. The molecule has 2 fully saturated rings. The summed E-state index contributed by atoms with van der Waals surface area (Å²) in [6.07, 6.45) is -5.34. The molecule has 5 aliphatic heterocycles. The van der Waals surface area contributed by atoms with Gasteiger partial charge in [0, 0.05) is 132 Å². The van der Waals surface area contributed by atoms with E-state index >= 15 is 4.39 Å². The molecule has 1 aromatic heterocycles. The molecule has 0 radical (unpaired) electrons. The molecular weight excluding hydrogens is 994 g/mol. The molecular formula is C59H51F7N4O6. The number of phenols is 2. The van der Waals surface area contributed by atoms with Gasteiger partial charge < -0.3 is 34.1 Å². The van der Waals surface area contributed by atoms with E-state index in [0.717, 1.165) is 24.6 Å². The van der Waals surface area contributed by atoms with E-state index in [1.165, 1.54) is 18.2 Å². The van der Waals surface area contributed by atoms with Crippen LogP contribution in [0.1, 0.15) is 58.1 Å². The van der Waals surface area contributed by atoms with E-state index in [0.29, 0.717) is 98.9 Å². The van der Waals surface area contributed by atoms with E-state index in [2.05, 4.69) is 14.8 Å². The number of hydrogen-bond acceptors (Lipinski definition) is 10. The van der Waals surface area contributed by atoms with Crippen molar-refractivity contribution in [2.75, 3.05) is 70.7 Å². The molecule has 0 bridgehead atoms. The van der Waals surface area contributed by atoms with Crippen LogP contribution in [0.5, 0.6) is 34.5 Å². The fraction of sp³-hybridized carbons (Fsp3) is 0.305. The van der Waals surface area contributed by atoms with Crippen molar-refractivity contribution in [3.63, 3.8) is 0 Å². The highest BCUT2D eigenvalue weighted by atomic mass is 19.4. The lowest BCUT2D eigenvalue weighted by molar-refractivity contribution is -0.137. The number of nitrogens with zero attached hydrogens (tertiary/aromatic N) is 4. The lowest BCUT2D eigenvalue weighted by Gasteiger charge is -2.53. The van der Waals surface area contributed by atoms with Gasteiger partial charge >= 0.3 is 6.18 Å². The Morgan fingerprint density at radius 2 is 1.20 bits per heavy atom. The quantitative estimate of drug-likeness (QED) is 0.109. The Morgan fingerprint density at radius 1 is 0.605 bits per heavy atom. The molecule has 7 aromatic rings. The van der Waals surface area contributed by atoms with Crippen LogP contribution in [0.3, 0.4) is 0 Å². The van der Waals surface area contributed by atoms with Crippen molar-refractivity contribution in [3.05, 3.63) is 166 Å². The molecule has 0 amide bonds. The van der Waals surface area contributed by atoms with E-state index in [1.807, 2.05) is 29.2 Å². The highest BCUT2D eigenvalue weighted by molar-refractivity contribution is 6.04. The summed E-state index contributed by atoms with van der Waals surface area (Å²) in [5, 5.41) is 22.0. The molecule has 392 valence electrons. The maximum absolute atomic E-state index is 15.1. The standard InChI is InChI=1S/C59H51F7N4O6/c1-58(62,63)37-6-14-43-47-28-67-48-24-39(71)8-16-44(48)52(47)55(75-50(43)22-37)35-2-10-42(11-3-35)74-21-19-69-31-34(27-61)32-70-49-25-40(72)9-17-45(49)53-54(57(69)70)46-15-7-38(59(64,65)66)23-51(46)76-56(53)36-4-12-41(13-5-36)73-20-18-68-29-33(26-60)30-68/h2-17,22-25,28,33-34,55-57,71-72H,18-21,26-27,29-32H2,1H3/t34?,55-,56-,57?/m1/s1. The number of likely N-dealkylation sites (tertiary alicyclic amines) is 1. The number of fused-ring (bicyclic) bond motifs is 12. The van der Waals surface area contributed by atoms with Gasteiger partial charge in [-0.1, -0.05) is 42.5 Å². The first-order valence-electron chi connectivity index (χ1n) is 25.2. The van der Waals surface area contributed by atoms with E-state index < -0.39 is 48.6 Å². The fourth-order valence-electron chi connectivity index (χ4n) is 11.5. The highest BCUT2D eigenvalue weighted by Gasteiger charge is 2.48. The summed E-state index contributed by atoms with van der Waals surface area (Å²) >= 11 is 0. The van der Waals surface area contributed by atoms with Gasteiger partial charge in [0.05, 0.1) is 24.4 Å². The van der Waals surface area contributed by atoms with Crippen molar-refractivity contribution in [2.45, 2.75) is 37.4 Å². The van der Waals surface area contributed by atoms with Crippen LogP contribution in [0.4, 0.5) is 36.4 Å². The Morgan fingerprint density at radius 3 is 1.89 bits per heavy atom. The third kappa shape index (κ3) is 9.06. The molecule has 2 saturated heterocycles. The van der Waals surface area contributed by atoms with Crippen LogP contribution >= 0.6 is 0 Å². The second-order valence-corrected chi connectivity index (χ2v) is 20.3. The zero-order chi connectivity index (χ0) is 52.6. The van der Waals surface area contributed by atoms with Gasteiger partial charge in [0.25, 0.3) is 5.92 Å². The smallest absolute Gasteiger partial charge is 0.416 e. The van der Waals surface area contributed by atoms with Crippen molar-refractivity contribution in [1.82, 2.24) is 14.8 Å². The summed E-state index contributed by atoms with van der Waals surface area (Å²) < 4.78 is 126. The summed E-state index contributed by atoms with van der Waals surface area (Å²) in [7, 11) is 0. The number of halogens is 7. The van der Waals surface area contributed by atoms with Crippen LogP contribution in [-0.2, 0) is 12.1 Å². The van der Waals surface area contributed by atoms with Crippen LogP contribution in [0.25, 0.3) is 33.2 Å². The third-order valence-electron chi connectivity index (χ3n) is 15.2. The van der Waals surface area contributed by atoms with Gasteiger partial charge in [-0.25, -0.2) is 8.78 Å². The lowest BCUT2D eigenvalue weighted by Crippen LogP contribution is -2.60. The SMILES string of the molecule is CC(F)(F)c1ccc2c(c1)O[C@H](c1ccc(OCCN3CC(CF)CN4c5cc(O)ccc5C5=C(c6ccc(C(F)(F)F)cc6O[C@@H]5c5ccc(OCCN6CC(CF)C6)cc5)C34)cc1)c1c-2cnc2cc(O)ccc12. The van der Waals surface area contributed by atoms with E-state index in [-0.39, 0.29) is 67.4 Å². The normalized spacial score (nSPS) is 20.3. The second-order valence-electron chi connectivity index (χ2n) is 20.3. The van der Waals surface area contributed by atoms with Gasteiger partial charge in [-0.3, -0.25) is 23.6 Å². The van der Waals surface area contributed by atoms with Crippen molar-refractivity contribution < 1.29 is 59.9 Å². The van der Waals surface area contributed by atoms with Crippen molar-refractivity contribution in [3.8, 4) is 45.6 Å². The first-order chi connectivity index (χ1) is 36.6. The Balaban J connectivity index is 0.856. The number of benzene rings is 6. The van der Waals surface area contributed by atoms with Crippen LogP contribution < -0.4 is 23.8 Å². The zero-order valence-corrected chi connectivity index (χ0v) is 41.0. The molecule has 6 heterocycles. The molecule has 2 N–H and O–H groups in total. The third-order valence-corrected chi connectivity index (χ3v) is 15.2. The first-order valence-corrected chi connectivity index (χ1v) is 25.2. The molecule has 2 unspecified atom stereocenters. The summed E-state index contributed by atoms with van der Waals surface area (Å²) in [4.78, 5) is 10.8. The molecule has 5 aliphatic rings. The Hall–Kier alpha value is -7.50. The van der Waals surface area contributed by atoms with Crippen LogP contribution in [0.15, 0.2) is 128 Å². The number of aromatic hydroxyl groups is 2. The predicted molar refractivity (Wildman–Crippen MR) is 273 cm³/mol. The Labute approximate surface area is 433 Å². The molecule has 0 saturated carbocycles. The molecule has 12 rings (SSSR count). The molecule has 0 spiro atoms. The number of aromatic nitrogens is 1. The van der Waals surface area contributed by atoms with Gasteiger partial charge in [-0.2, -0.15) is 13.2 Å². The van der Waals surface area contributed by atoms with Crippen LogP contribution in [0.2, 0.25) is 0 Å². The van der Waals surface area contributed by atoms with Gasteiger partial charge in [0.1, 0.15) is 60.0 Å². The number of alkyl halides is 7. The van der Waals surface area contributed by atoms with Crippen molar-refractivity contribution in [1.29, 1.82) is 0 Å². The molecule has 17 heteroatoms. The minimum atomic E-state index is -4.66. The molecule has 76 heavy (non-hydrogen) atoms. The van der Waals surface area contributed by atoms with E-state index in [1.54, 1.807) is 72.9 Å². The van der Waals surface area contributed by atoms with Gasteiger partial charge in [-0.05, 0) is 77.9 Å². The molecule has 6 aromatic carbocycles. The van der Waals surface area contributed by atoms with Gasteiger partial charge in [0.2, 0.25) is 0 Å². The lowest BCUT2D eigenvalue weighted by atomic mass is 9.78. The summed E-state index contributed by atoms with van der Waals surface area (Å²) in [6, 6.07) is 32.0. The number of phenolic OH excluding ortho intramolecular Hbond substituents is 2. The Bertz CT molecular complexity index is 3380. The highest BCUT2D eigenvalue weighted by Crippen LogP contribution is 2.57. The molecule has 4 atom stereocenters. The number of ether oxygens (including phenoxy) is 4. The first kappa shape index (κ1) is 49.4. The van der Waals surface area contributed by atoms with E-state index in [4.69, 9.17) is 18.9 Å². The maximum atomic E-state index is 15.1. The maximum Gasteiger partial charge on any atom is 0.416 e. The Kier molecular flexibility index (Phi) is 12.5. The van der Waals surface area contributed by atoms with Crippen molar-refractivity contribution >= 4 is 27.7 Å². The van der Waals surface area contributed by atoms with Crippen molar-refractivity contribution in [2.24, 2.45) is 11.8 Å². The van der Waals surface area contributed by atoms with Crippen LogP contribution in [-0.4, -0.2) is 97.0 Å². The monoisotopic (exact) mass is 1040 g/mol. The number of hydrogen-bond donors (Lipinski definition) is 2. The summed E-state index contributed by atoms with van der Waals surface area (Å²) in [5.74, 6) is -2.16. The topological polar surface area (TPSA) is 100.0 Å². The number of rotatable bonds is 13. The second kappa shape index (κ2) is 19.3. The number of pyridine rings is 1. The number of anilines is 1. The average Bonchev–Trinajstić information content (AvgIpc) is 3.57. The summed E-state index contributed by atoms with van der Waals surface area (Å²) in [6.45, 7) is 3.09. The minimum Gasteiger partial charge on any atom is -0.508 e. The average molecular weight is 1050 g/mol. The summed E-state index contributed by atoms with van der Waals surface area (Å²) in [5.41, 5.74) is 5.93. The predicted octanol–water partition coefficient (Wildman–Crippen LogP) is 12.4. The molecule has 0 aliphatic carbocycles. The van der Waals surface area contributed by atoms with Gasteiger partial charge in [0.15, 0.2) is 6.10 Å². The minimum absolute atomic E-state index is 0.0200. The van der Waals surface area contributed by atoms with Gasteiger partial charge in [-0.15, -0.1) is 0 Å². The van der Waals surface area contributed by atoms with E-state index in [9.17, 15) is 36.6 Å². The van der Waals surface area contributed by atoms with Crippen LogP contribution in [0, 0.1) is 11.8 Å². The fourth-order valence-corrected chi connectivity index (χ4v) is 11.5.